The molecular weight excluding hydrogens is 238 g/mol. The van der Waals surface area contributed by atoms with Crippen molar-refractivity contribution < 1.29 is 0 Å². The largest absolute Gasteiger partial charge is 0.248 e. The first-order valence-electron chi connectivity index (χ1n) is 4.92. The Bertz CT molecular complexity index is 631. The van der Waals surface area contributed by atoms with Gasteiger partial charge in [-0.25, -0.2) is 4.98 Å². The van der Waals surface area contributed by atoms with Crippen molar-refractivity contribution in [1.29, 1.82) is 0 Å². The number of hydrogen-bond acceptors (Lipinski definition) is 2. The van der Waals surface area contributed by atoms with Gasteiger partial charge in [0.1, 0.15) is 0 Å². The molecule has 0 bridgehead atoms. The number of thiophene rings is 1. The maximum absolute atomic E-state index is 5.93. The second-order valence-electron chi connectivity index (χ2n) is 3.55. The highest BCUT2D eigenvalue weighted by Crippen LogP contribution is 2.24. The maximum atomic E-state index is 5.93. The van der Waals surface area contributed by atoms with E-state index in [1.807, 2.05) is 24.3 Å². The molecule has 16 heavy (non-hydrogen) atoms. The van der Waals surface area contributed by atoms with E-state index in [4.69, 9.17) is 11.6 Å². The van der Waals surface area contributed by atoms with Gasteiger partial charge in [-0.1, -0.05) is 17.7 Å². The molecule has 2 heterocycles. The molecule has 0 fully saturated rings. The maximum Gasteiger partial charge on any atom is 0.0718 e. The van der Waals surface area contributed by atoms with Gasteiger partial charge in [0, 0.05) is 21.4 Å². The summed E-state index contributed by atoms with van der Waals surface area (Å²) in [6, 6.07) is 11.9. The first-order valence-corrected chi connectivity index (χ1v) is 6.24. The molecule has 0 aliphatic heterocycles. The van der Waals surface area contributed by atoms with Gasteiger partial charge in [-0.05, 0) is 35.7 Å². The molecule has 0 radical (unpaired) electrons. The van der Waals surface area contributed by atoms with Crippen molar-refractivity contribution in [2.45, 2.75) is 0 Å². The number of pyridine rings is 1. The molecule has 0 unspecified atom stereocenters. The first-order chi connectivity index (χ1) is 7.83. The van der Waals surface area contributed by atoms with Crippen LogP contribution in [0.4, 0.5) is 0 Å². The third kappa shape index (κ3) is 1.70. The summed E-state index contributed by atoms with van der Waals surface area (Å²) in [7, 11) is 0. The topological polar surface area (TPSA) is 12.9 Å². The lowest BCUT2D eigenvalue weighted by atomic mass is 10.1. The molecule has 0 aliphatic rings. The van der Waals surface area contributed by atoms with Gasteiger partial charge in [0.05, 0.1) is 11.2 Å². The molecule has 0 saturated heterocycles. The van der Waals surface area contributed by atoms with Crippen LogP contribution in [0.3, 0.4) is 0 Å². The van der Waals surface area contributed by atoms with E-state index in [2.05, 4.69) is 27.9 Å². The van der Waals surface area contributed by atoms with E-state index in [9.17, 15) is 0 Å². The third-order valence-corrected chi connectivity index (χ3v) is 3.39. The van der Waals surface area contributed by atoms with Crippen molar-refractivity contribution >= 4 is 33.8 Å². The van der Waals surface area contributed by atoms with E-state index in [-0.39, 0.29) is 0 Å². The average Bonchev–Trinajstić information content (AvgIpc) is 2.82. The van der Waals surface area contributed by atoms with Crippen LogP contribution in [0.25, 0.3) is 22.2 Å². The number of rotatable bonds is 1. The minimum Gasteiger partial charge on any atom is -0.248 e. The minimum absolute atomic E-state index is 0.748. The normalized spacial score (nSPS) is 10.8. The molecule has 2 aromatic heterocycles. The zero-order chi connectivity index (χ0) is 11.0. The summed E-state index contributed by atoms with van der Waals surface area (Å²) in [5, 5.41) is 5.98. The summed E-state index contributed by atoms with van der Waals surface area (Å²) in [5.41, 5.74) is 3.16. The zero-order valence-corrected chi connectivity index (χ0v) is 9.92. The van der Waals surface area contributed by atoms with Crippen molar-refractivity contribution in [3.05, 3.63) is 52.2 Å². The van der Waals surface area contributed by atoms with Crippen LogP contribution in [0.5, 0.6) is 0 Å². The van der Waals surface area contributed by atoms with Gasteiger partial charge in [-0.2, -0.15) is 11.3 Å². The van der Waals surface area contributed by atoms with E-state index in [1.165, 1.54) is 5.56 Å². The van der Waals surface area contributed by atoms with E-state index < -0.39 is 0 Å². The van der Waals surface area contributed by atoms with Gasteiger partial charge >= 0.3 is 0 Å². The Balaban J connectivity index is 2.20. The highest BCUT2D eigenvalue weighted by Gasteiger charge is 2.01. The number of fused-ring (bicyclic) bond motifs is 1. The summed E-state index contributed by atoms with van der Waals surface area (Å²) in [4.78, 5) is 4.61. The monoisotopic (exact) mass is 245 g/mol. The Morgan fingerprint density at radius 2 is 2.00 bits per heavy atom. The molecule has 0 amide bonds. The molecule has 0 saturated carbocycles. The van der Waals surface area contributed by atoms with Gasteiger partial charge in [-0.15, -0.1) is 0 Å². The minimum atomic E-state index is 0.748. The Kier molecular flexibility index (Phi) is 2.39. The summed E-state index contributed by atoms with van der Waals surface area (Å²) in [6.45, 7) is 0. The lowest BCUT2D eigenvalue weighted by Gasteiger charge is -2.01. The Labute approximate surface area is 102 Å². The van der Waals surface area contributed by atoms with Gasteiger partial charge in [-0.3, -0.25) is 0 Å². The molecule has 0 spiro atoms. The van der Waals surface area contributed by atoms with Crippen LogP contribution in [0.1, 0.15) is 0 Å². The van der Waals surface area contributed by atoms with Gasteiger partial charge < -0.3 is 0 Å². The average molecular weight is 246 g/mol. The van der Waals surface area contributed by atoms with Crippen LogP contribution in [0.2, 0.25) is 5.02 Å². The summed E-state index contributed by atoms with van der Waals surface area (Å²) >= 11 is 7.61. The standard InChI is InChI=1S/C13H8ClNS/c14-11-2-4-12-9(7-11)1-3-13(15-12)10-5-6-16-8-10/h1-8H. The second-order valence-corrected chi connectivity index (χ2v) is 4.76. The van der Waals surface area contributed by atoms with E-state index in [0.29, 0.717) is 0 Å². The molecule has 1 nitrogen and oxygen atoms in total. The lowest BCUT2D eigenvalue weighted by Crippen LogP contribution is -1.83. The van der Waals surface area contributed by atoms with Crippen LogP contribution in [-0.2, 0) is 0 Å². The third-order valence-electron chi connectivity index (χ3n) is 2.47. The number of benzene rings is 1. The molecule has 0 N–H and O–H groups in total. The van der Waals surface area contributed by atoms with Crippen molar-refractivity contribution in [2.75, 3.05) is 0 Å². The van der Waals surface area contributed by atoms with Crippen molar-refractivity contribution in [1.82, 2.24) is 4.98 Å². The molecule has 3 rings (SSSR count). The van der Waals surface area contributed by atoms with E-state index in [0.717, 1.165) is 21.6 Å². The van der Waals surface area contributed by atoms with Crippen LogP contribution in [0, 0.1) is 0 Å². The van der Waals surface area contributed by atoms with Gasteiger partial charge in [0.15, 0.2) is 0 Å². The quantitative estimate of drug-likeness (QED) is 0.610. The lowest BCUT2D eigenvalue weighted by molar-refractivity contribution is 1.41. The molecule has 3 aromatic rings. The fourth-order valence-corrected chi connectivity index (χ4v) is 2.50. The molecule has 0 atom stereocenters. The fraction of sp³-hybridized carbons (Fsp3) is 0. The van der Waals surface area contributed by atoms with Crippen LogP contribution in [-0.4, -0.2) is 4.98 Å². The summed E-state index contributed by atoms with van der Waals surface area (Å²) in [5.74, 6) is 0. The van der Waals surface area contributed by atoms with Crippen molar-refractivity contribution in [3.63, 3.8) is 0 Å². The number of aromatic nitrogens is 1. The molecule has 3 heteroatoms. The SMILES string of the molecule is Clc1ccc2nc(-c3ccsc3)ccc2c1. The van der Waals surface area contributed by atoms with Gasteiger partial charge in [0.25, 0.3) is 0 Å². The smallest absolute Gasteiger partial charge is 0.0718 e. The fourth-order valence-electron chi connectivity index (χ4n) is 1.67. The first kappa shape index (κ1) is 9.82. The van der Waals surface area contributed by atoms with Crippen molar-refractivity contribution in [2.24, 2.45) is 0 Å². The predicted molar refractivity (Wildman–Crippen MR) is 70.1 cm³/mol. The molecule has 78 valence electrons. The zero-order valence-electron chi connectivity index (χ0n) is 8.35. The molecule has 0 aliphatic carbocycles. The number of halogens is 1. The number of hydrogen-bond donors (Lipinski definition) is 0. The van der Waals surface area contributed by atoms with E-state index >= 15 is 0 Å². The van der Waals surface area contributed by atoms with Crippen LogP contribution >= 0.6 is 22.9 Å². The Morgan fingerprint density at radius 3 is 2.81 bits per heavy atom. The Morgan fingerprint density at radius 1 is 1.06 bits per heavy atom. The molecule has 1 aromatic carbocycles. The highest BCUT2D eigenvalue weighted by atomic mass is 35.5. The summed E-state index contributed by atoms with van der Waals surface area (Å²) in [6.07, 6.45) is 0. The summed E-state index contributed by atoms with van der Waals surface area (Å²) < 4.78 is 0. The molecular formula is C13H8ClNS. The van der Waals surface area contributed by atoms with E-state index in [1.54, 1.807) is 11.3 Å². The Hall–Kier alpha value is -1.38. The highest BCUT2D eigenvalue weighted by molar-refractivity contribution is 7.08. The second kappa shape index (κ2) is 3.89. The van der Waals surface area contributed by atoms with Crippen LogP contribution in [0.15, 0.2) is 47.2 Å². The van der Waals surface area contributed by atoms with Gasteiger partial charge in [0.2, 0.25) is 0 Å². The number of nitrogens with zero attached hydrogens (tertiary/aromatic N) is 1. The predicted octanol–water partition coefficient (Wildman–Crippen LogP) is 4.62. The van der Waals surface area contributed by atoms with Crippen molar-refractivity contribution in [3.8, 4) is 11.3 Å². The van der Waals surface area contributed by atoms with Crippen LogP contribution < -0.4 is 0 Å².